The third-order valence-electron chi connectivity index (χ3n) is 3.66. The normalized spacial score (nSPS) is 30.4. The van der Waals surface area contributed by atoms with Gasteiger partial charge in [0.25, 0.3) is 0 Å². The summed E-state index contributed by atoms with van der Waals surface area (Å²) in [6, 6.07) is 6.02. The highest BCUT2D eigenvalue weighted by atomic mass is 16.3. The summed E-state index contributed by atoms with van der Waals surface area (Å²) in [5.74, 6) is 2.53. The molecule has 0 spiro atoms. The van der Waals surface area contributed by atoms with E-state index in [9.17, 15) is 5.11 Å². The van der Waals surface area contributed by atoms with Gasteiger partial charge in [-0.25, -0.2) is 4.98 Å². The molecule has 3 atom stereocenters. The van der Waals surface area contributed by atoms with E-state index in [4.69, 9.17) is 0 Å². The van der Waals surface area contributed by atoms with E-state index in [0.29, 0.717) is 24.4 Å². The molecule has 1 aliphatic rings. The second-order valence-corrected chi connectivity index (χ2v) is 4.89. The fourth-order valence-electron chi connectivity index (χ4n) is 2.69. The number of aliphatic hydroxyl groups is 1. The van der Waals surface area contributed by atoms with Crippen LogP contribution in [0.2, 0.25) is 0 Å². The van der Waals surface area contributed by atoms with Crippen molar-refractivity contribution in [2.45, 2.75) is 13.8 Å². The molecular weight excluding hydrogens is 200 g/mol. The van der Waals surface area contributed by atoms with Crippen LogP contribution in [0, 0.1) is 17.8 Å². The summed E-state index contributed by atoms with van der Waals surface area (Å²) in [5.41, 5.74) is 0. The van der Waals surface area contributed by atoms with Crippen LogP contribution in [-0.4, -0.2) is 29.8 Å². The molecule has 0 aromatic carbocycles. The second kappa shape index (κ2) is 4.83. The van der Waals surface area contributed by atoms with E-state index in [1.165, 1.54) is 0 Å². The number of aliphatic hydroxyl groups excluding tert-OH is 1. The van der Waals surface area contributed by atoms with Gasteiger partial charge in [-0.3, -0.25) is 0 Å². The lowest BCUT2D eigenvalue weighted by Gasteiger charge is -2.41. The van der Waals surface area contributed by atoms with Crippen LogP contribution in [0.25, 0.3) is 0 Å². The molecule has 0 bridgehead atoms. The van der Waals surface area contributed by atoms with Crippen molar-refractivity contribution < 1.29 is 5.11 Å². The van der Waals surface area contributed by atoms with Crippen LogP contribution in [0.1, 0.15) is 13.8 Å². The Kier molecular flexibility index (Phi) is 3.44. The SMILES string of the molecule is C[C@@H]1CN(c2ccccn2)C[C@H](C)C1CO. The molecule has 0 aliphatic carbocycles. The van der Waals surface area contributed by atoms with Gasteiger partial charge in [0.2, 0.25) is 0 Å². The molecule has 1 saturated heterocycles. The van der Waals surface area contributed by atoms with Gasteiger partial charge in [-0.1, -0.05) is 19.9 Å². The summed E-state index contributed by atoms with van der Waals surface area (Å²) in [6.45, 7) is 6.72. The molecule has 0 amide bonds. The average Bonchev–Trinajstić information content (AvgIpc) is 2.30. The Hall–Kier alpha value is -1.09. The van der Waals surface area contributed by atoms with Crippen LogP contribution in [0.15, 0.2) is 24.4 Å². The molecule has 0 radical (unpaired) electrons. The van der Waals surface area contributed by atoms with Gasteiger partial charge < -0.3 is 10.0 Å². The first-order valence-electron chi connectivity index (χ1n) is 5.99. The van der Waals surface area contributed by atoms with Gasteiger partial charge in [0.15, 0.2) is 0 Å². The van der Waals surface area contributed by atoms with E-state index in [1.807, 2.05) is 18.3 Å². The summed E-state index contributed by atoms with van der Waals surface area (Å²) in [4.78, 5) is 6.71. The number of piperidine rings is 1. The van der Waals surface area contributed by atoms with E-state index in [2.05, 4.69) is 29.8 Å². The average molecular weight is 220 g/mol. The molecule has 3 heteroatoms. The van der Waals surface area contributed by atoms with Crippen LogP contribution >= 0.6 is 0 Å². The molecule has 2 heterocycles. The summed E-state index contributed by atoms with van der Waals surface area (Å²) < 4.78 is 0. The minimum Gasteiger partial charge on any atom is -0.396 e. The maximum Gasteiger partial charge on any atom is 0.128 e. The molecule has 1 unspecified atom stereocenters. The Morgan fingerprint density at radius 3 is 2.50 bits per heavy atom. The molecule has 1 aromatic heterocycles. The van der Waals surface area contributed by atoms with Crippen molar-refractivity contribution in [2.24, 2.45) is 17.8 Å². The van der Waals surface area contributed by atoms with E-state index in [1.54, 1.807) is 0 Å². The summed E-state index contributed by atoms with van der Waals surface area (Å²) >= 11 is 0. The Morgan fingerprint density at radius 1 is 1.31 bits per heavy atom. The third kappa shape index (κ3) is 2.19. The largest absolute Gasteiger partial charge is 0.396 e. The molecule has 16 heavy (non-hydrogen) atoms. The smallest absolute Gasteiger partial charge is 0.128 e. The van der Waals surface area contributed by atoms with E-state index >= 15 is 0 Å². The molecule has 1 N–H and O–H groups in total. The molecule has 88 valence electrons. The molecule has 3 nitrogen and oxygen atoms in total. The van der Waals surface area contributed by atoms with E-state index in [-0.39, 0.29) is 0 Å². The Bertz CT molecular complexity index is 316. The van der Waals surface area contributed by atoms with E-state index < -0.39 is 0 Å². The molecule has 1 aliphatic heterocycles. The highest BCUT2D eigenvalue weighted by molar-refractivity contribution is 5.38. The number of nitrogens with zero attached hydrogens (tertiary/aromatic N) is 2. The van der Waals surface area contributed by atoms with Gasteiger partial charge in [-0.2, -0.15) is 0 Å². The lowest BCUT2D eigenvalue weighted by atomic mass is 9.80. The van der Waals surface area contributed by atoms with Gasteiger partial charge in [0.05, 0.1) is 0 Å². The van der Waals surface area contributed by atoms with Gasteiger partial charge in [0.1, 0.15) is 5.82 Å². The van der Waals surface area contributed by atoms with Crippen molar-refractivity contribution in [1.82, 2.24) is 4.98 Å². The lowest BCUT2D eigenvalue weighted by Crippen LogP contribution is -2.46. The van der Waals surface area contributed by atoms with Crippen molar-refractivity contribution >= 4 is 5.82 Å². The lowest BCUT2D eigenvalue weighted by molar-refractivity contribution is 0.120. The third-order valence-corrected chi connectivity index (χ3v) is 3.66. The van der Waals surface area contributed by atoms with Crippen LogP contribution < -0.4 is 4.90 Å². The molecular formula is C13H20N2O. The molecule has 1 fully saturated rings. The van der Waals surface area contributed by atoms with Crippen LogP contribution in [0.5, 0.6) is 0 Å². The zero-order chi connectivity index (χ0) is 11.5. The van der Waals surface area contributed by atoms with Crippen molar-refractivity contribution in [1.29, 1.82) is 0 Å². The van der Waals surface area contributed by atoms with E-state index in [0.717, 1.165) is 18.9 Å². The second-order valence-electron chi connectivity index (χ2n) is 4.89. The van der Waals surface area contributed by atoms with Gasteiger partial charge in [-0.05, 0) is 29.9 Å². The van der Waals surface area contributed by atoms with Gasteiger partial charge >= 0.3 is 0 Å². The molecule has 2 rings (SSSR count). The Labute approximate surface area is 97.1 Å². The number of anilines is 1. The minimum atomic E-state index is 0.304. The molecule has 1 aromatic rings. The number of hydrogen-bond donors (Lipinski definition) is 1. The molecule has 0 saturated carbocycles. The first kappa shape index (κ1) is 11.4. The number of aromatic nitrogens is 1. The zero-order valence-electron chi connectivity index (χ0n) is 10.0. The fraction of sp³-hybridized carbons (Fsp3) is 0.615. The van der Waals surface area contributed by atoms with Gasteiger partial charge in [0, 0.05) is 25.9 Å². The predicted molar refractivity (Wildman–Crippen MR) is 65.4 cm³/mol. The number of hydrogen-bond acceptors (Lipinski definition) is 3. The van der Waals surface area contributed by atoms with Crippen molar-refractivity contribution in [2.75, 3.05) is 24.6 Å². The maximum absolute atomic E-state index is 9.35. The highest BCUT2D eigenvalue weighted by Crippen LogP contribution is 2.29. The van der Waals surface area contributed by atoms with Crippen LogP contribution in [0.4, 0.5) is 5.82 Å². The maximum atomic E-state index is 9.35. The predicted octanol–water partition coefficient (Wildman–Crippen LogP) is 1.78. The van der Waals surface area contributed by atoms with Crippen LogP contribution in [0.3, 0.4) is 0 Å². The summed E-state index contributed by atoms with van der Waals surface area (Å²) in [5, 5.41) is 9.35. The van der Waals surface area contributed by atoms with Crippen molar-refractivity contribution in [3.63, 3.8) is 0 Å². The fourth-order valence-corrected chi connectivity index (χ4v) is 2.69. The Morgan fingerprint density at radius 2 is 2.00 bits per heavy atom. The number of rotatable bonds is 2. The summed E-state index contributed by atoms with van der Waals surface area (Å²) in [6.07, 6.45) is 1.84. The first-order chi connectivity index (χ1) is 7.72. The monoisotopic (exact) mass is 220 g/mol. The topological polar surface area (TPSA) is 36.4 Å². The zero-order valence-corrected chi connectivity index (χ0v) is 10.0. The summed E-state index contributed by atoms with van der Waals surface area (Å²) in [7, 11) is 0. The quantitative estimate of drug-likeness (QED) is 0.825. The minimum absolute atomic E-state index is 0.304. The van der Waals surface area contributed by atoms with Gasteiger partial charge in [-0.15, -0.1) is 0 Å². The van der Waals surface area contributed by atoms with Crippen molar-refractivity contribution in [3.8, 4) is 0 Å². The standard InChI is InChI=1S/C13H20N2O/c1-10-7-15(8-11(2)12(10)9-16)13-5-3-4-6-14-13/h3-6,10-12,16H,7-9H2,1-2H3/t10-,11+,12?. The Balaban J connectivity index is 2.10. The van der Waals surface area contributed by atoms with Crippen molar-refractivity contribution in [3.05, 3.63) is 24.4 Å². The first-order valence-corrected chi connectivity index (χ1v) is 5.99. The highest BCUT2D eigenvalue weighted by Gasteiger charge is 2.31. The van der Waals surface area contributed by atoms with Crippen LogP contribution in [-0.2, 0) is 0 Å². The number of pyridine rings is 1.